The van der Waals surface area contributed by atoms with E-state index in [1.165, 1.54) is 0 Å². The monoisotopic (exact) mass is 365 g/mol. The van der Waals surface area contributed by atoms with E-state index >= 15 is 0 Å². The molecule has 7 nitrogen and oxygen atoms in total. The number of aromatic amines is 1. The molecule has 27 heavy (non-hydrogen) atoms. The van der Waals surface area contributed by atoms with Crippen LogP contribution in [0.3, 0.4) is 0 Å². The maximum atomic E-state index is 12.2. The standard InChI is InChI=1S/C20H19N3O4/c1-2-27-20(26)13-6-5-7-14(12-13)21-18(24)11-10-17-19(25)23-16-9-4-3-8-15(16)22-17/h3-9,12H,2,10-11H2,1H3,(H,21,24)(H,23,25). The van der Waals surface area contributed by atoms with Gasteiger partial charge in [0.2, 0.25) is 5.91 Å². The van der Waals surface area contributed by atoms with Crippen LogP contribution in [0.4, 0.5) is 5.69 Å². The van der Waals surface area contributed by atoms with Crippen molar-refractivity contribution in [2.75, 3.05) is 11.9 Å². The maximum Gasteiger partial charge on any atom is 0.338 e. The predicted octanol–water partition coefficient (Wildman–Crippen LogP) is 2.67. The highest BCUT2D eigenvalue weighted by Crippen LogP contribution is 2.13. The summed E-state index contributed by atoms with van der Waals surface area (Å²) < 4.78 is 4.94. The Labute approximate surface area is 155 Å². The molecule has 2 aromatic carbocycles. The number of carbonyl (C=O) groups is 2. The molecule has 0 bridgehead atoms. The zero-order valence-corrected chi connectivity index (χ0v) is 14.8. The van der Waals surface area contributed by atoms with Crippen molar-refractivity contribution in [3.63, 3.8) is 0 Å². The number of fused-ring (bicyclic) bond motifs is 1. The van der Waals surface area contributed by atoms with Gasteiger partial charge in [-0.05, 0) is 37.3 Å². The molecule has 0 saturated heterocycles. The Kier molecular flexibility index (Phi) is 5.61. The maximum absolute atomic E-state index is 12.2. The molecule has 0 radical (unpaired) electrons. The minimum atomic E-state index is -0.444. The zero-order chi connectivity index (χ0) is 19.2. The molecule has 0 fully saturated rings. The lowest BCUT2D eigenvalue weighted by Gasteiger charge is -2.07. The molecule has 0 aliphatic rings. The summed E-state index contributed by atoms with van der Waals surface area (Å²) in [5.41, 5.74) is 2.20. The number of nitrogens with one attached hydrogen (secondary N) is 2. The second kappa shape index (κ2) is 8.27. The number of rotatable bonds is 6. The van der Waals surface area contributed by atoms with Crippen LogP contribution in [0.25, 0.3) is 11.0 Å². The molecule has 1 heterocycles. The van der Waals surface area contributed by atoms with Gasteiger partial charge in [-0.3, -0.25) is 9.59 Å². The SMILES string of the molecule is CCOC(=O)c1cccc(NC(=O)CCc2nc3ccccc3[nH]c2=O)c1. The van der Waals surface area contributed by atoms with E-state index in [1.807, 2.05) is 12.1 Å². The lowest BCUT2D eigenvalue weighted by Crippen LogP contribution is -2.19. The third-order valence-corrected chi connectivity index (χ3v) is 3.92. The number of carbonyl (C=O) groups excluding carboxylic acids is 2. The molecule has 1 amide bonds. The summed E-state index contributed by atoms with van der Waals surface area (Å²) in [6.07, 6.45) is 0.307. The number of H-pyrrole nitrogens is 1. The summed E-state index contributed by atoms with van der Waals surface area (Å²) >= 11 is 0. The smallest absolute Gasteiger partial charge is 0.338 e. The molecule has 3 aromatic rings. The van der Waals surface area contributed by atoms with E-state index in [1.54, 1.807) is 43.3 Å². The van der Waals surface area contributed by atoms with Gasteiger partial charge < -0.3 is 15.0 Å². The molecule has 0 aliphatic heterocycles. The van der Waals surface area contributed by atoms with E-state index in [0.717, 1.165) is 0 Å². The summed E-state index contributed by atoms with van der Waals surface area (Å²) in [7, 11) is 0. The van der Waals surface area contributed by atoms with Crippen molar-refractivity contribution in [2.45, 2.75) is 19.8 Å². The fourth-order valence-electron chi connectivity index (χ4n) is 2.63. The molecule has 138 valence electrons. The number of benzene rings is 2. The fraction of sp³-hybridized carbons (Fsp3) is 0.200. The Balaban J connectivity index is 1.65. The van der Waals surface area contributed by atoms with Gasteiger partial charge in [0, 0.05) is 18.5 Å². The van der Waals surface area contributed by atoms with E-state index in [4.69, 9.17) is 4.74 Å². The third-order valence-electron chi connectivity index (χ3n) is 3.92. The van der Waals surface area contributed by atoms with Gasteiger partial charge in [-0.25, -0.2) is 9.78 Å². The van der Waals surface area contributed by atoms with E-state index in [9.17, 15) is 14.4 Å². The number of nitrogens with zero attached hydrogens (tertiary/aromatic N) is 1. The summed E-state index contributed by atoms with van der Waals surface area (Å²) in [6, 6.07) is 13.7. The van der Waals surface area contributed by atoms with Crippen LogP contribution in [0.2, 0.25) is 0 Å². The largest absolute Gasteiger partial charge is 0.462 e. The van der Waals surface area contributed by atoms with E-state index in [2.05, 4.69) is 15.3 Å². The van der Waals surface area contributed by atoms with Crippen LogP contribution in [0.1, 0.15) is 29.4 Å². The summed E-state index contributed by atoms with van der Waals surface area (Å²) in [5.74, 6) is -0.717. The summed E-state index contributed by atoms with van der Waals surface area (Å²) in [4.78, 5) is 43.1. The first kappa shape index (κ1) is 18.3. The van der Waals surface area contributed by atoms with Crippen LogP contribution >= 0.6 is 0 Å². The Bertz CT molecular complexity index is 1040. The van der Waals surface area contributed by atoms with Crippen LogP contribution in [-0.4, -0.2) is 28.5 Å². The second-order valence-electron chi connectivity index (χ2n) is 5.88. The van der Waals surface area contributed by atoms with Gasteiger partial charge in [0.15, 0.2) is 0 Å². The number of aromatic nitrogens is 2. The second-order valence-corrected chi connectivity index (χ2v) is 5.88. The number of para-hydroxylation sites is 2. The quantitative estimate of drug-likeness (QED) is 0.654. The molecule has 7 heteroatoms. The average Bonchev–Trinajstić information content (AvgIpc) is 2.66. The topological polar surface area (TPSA) is 101 Å². The zero-order valence-electron chi connectivity index (χ0n) is 14.8. The van der Waals surface area contributed by atoms with Crippen LogP contribution < -0.4 is 10.9 Å². The molecule has 2 N–H and O–H groups in total. The van der Waals surface area contributed by atoms with Gasteiger partial charge >= 0.3 is 5.97 Å². The number of aryl methyl sites for hydroxylation is 1. The average molecular weight is 365 g/mol. The first-order chi connectivity index (χ1) is 13.1. The van der Waals surface area contributed by atoms with Crippen LogP contribution in [0.15, 0.2) is 53.3 Å². The molecule has 0 spiro atoms. The number of ether oxygens (including phenoxy) is 1. The van der Waals surface area contributed by atoms with Gasteiger partial charge in [-0.2, -0.15) is 0 Å². The van der Waals surface area contributed by atoms with Crippen molar-refractivity contribution >= 4 is 28.6 Å². The van der Waals surface area contributed by atoms with Gasteiger partial charge in [0.25, 0.3) is 5.56 Å². The number of amides is 1. The van der Waals surface area contributed by atoms with Crippen molar-refractivity contribution in [3.8, 4) is 0 Å². The van der Waals surface area contributed by atoms with Gasteiger partial charge in [-0.15, -0.1) is 0 Å². The first-order valence-corrected chi connectivity index (χ1v) is 8.62. The number of hydrogen-bond donors (Lipinski definition) is 2. The molecule has 3 rings (SSSR count). The van der Waals surface area contributed by atoms with Crippen molar-refractivity contribution < 1.29 is 14.3 Å². The molecule has 0 unspecified atom stereocenters. The van der Waals surface area contributed by atoms with Gasteiger partial charge in [0.05, 0.1) is 23.2 Å². The fourth-order valence-corrected chi connectivity index (χ4v) is 2.63. The minimum Gasteiger partial charge on any atom is -0.462 e. The van der Waals surface area contributed by atoms with Crippen molar-refractivity contribution in [1.29, 1.82) is 0 Å². The van der Waals surface area contributed by atoms with Crippen molar-refractivity contribution in [2.24, 2.45) is 0 Å². The molecule has 0 atom stereocenters. The summed E-state index contributed by atoms with van der Waals surface area (Å²) in [6.45, 7) is 2.01. The Morgan fingerprint density at radius 3 is 2.78 bits per heavy atom. The van der Waals surface area contributed by atoms with E-state index < -0.39 is 5.97 Å². The molecule has 0 saturated carbocycles. The summed E-state index contributed by atoms with van der Waals surface area (Å²) in [5, 5.41) is 2.72. The van der Waals surface area contributed by atoms with E-state index in [-0.39, 0.29) is 30.9 Å². The first-order valence-electron chi connectivity index (χ1n) is 8.62. The van der Waals surface area contributed by atoms with Crippen LogP contribution in [0.5, 0.6) is 0 Å². The Morgan fingerprint density at radius 2 is 1.96 bits per heavy atom. The lowest BCUT2D eigenvalue weighted by atomic mass is 10.2. The normalized spacial score (nSPS) is 10.6. The van der Waals surface area contributed by atoms with Crippen molar-refractivity contribution in [1.82, 2.24) is 9.97 Å². The van der Waals surface area contributed by atoms with Gasteiger partial charge in [0.1, 0.15) is 5.69 Å². The van der Waals surface area contributed by atoms with E-state index in [0.29, 0.717) is 28.0 Å². The highest BCUT2D eigenvalue weighted by Gasteiger charge is 2.11. The Hall–Kier alpha value is -3.48. The minimum absolute atomic E-state index is 0.0953. The van der Waals surface area contributed by atoms with Gasteiger partial charge in [-0.1, -0.05) is 18.2 Å². The molecule has 0 aliphatic carbocycles. The third kappa shape index (κ3) is 4.58. The predicted molar refractivity (Wildman–Crippen MR) is 102 cm³/mol. The lowest BCUT2D eigenvalue weighted by molar-refractivity contribution is -0.116. The molecular weight excluding hydrogens is 346 g/mol. The van der Waals surface area contributed by atoms with Crippen LogP contribution in [-0.2, 0) is 16.0 Å². The number of hydrogen-bond acceptors (Lipinski definition) is 5. The highest BCUT2D eigenvalue weighted by molar-refractivity contribution is 5.94. The molecule has 1 aromatic heterocycles. The Morgan fingerprint density at radius 1 is 1.15 bits per heavy atom. The molecular formula is C20H19N3O4. The number of anilines is 1. The highest BCUT2D eigenvalue weighted by atomic mass is 16.5. The van der Waals surface area contributed by atoms with Crippen LogP contribution in [0, 0.1) is 0 Å². The van der Waals surface area contributed by atoms with Crippen molar-refractivity contribution in [3.05, 3.63) is 70.1 Å². The number of esters is 1.